The lowest BCUT2D eigenvalue weighted by molar-refractivity contribution is -0.136. The summed E-state index contributed by atoms with van der Waals surface area (Å²) in [5.74, 6) is -0.422. The Hall–Kier alpha value is -3.41. The van der Waals surface area contributed by atoms with Crippen molar-refractivity contribution in [1.29, 1.82) is 5.41 Å². The number of halogens is 3. The van der Waals surface area contributed by atoms with Gasteiger partial charge in [-0.25, -0.2) is 4.68 Å². The number of ketones is 1. The molecule has 0 aliphatic rings. The zero-order valence-corrected chi connectivity index (χ0v) is 19.2. The first-order valence-electron chi connectivity index (χ1n) is 10.5. The first-order chi connectivity index (χ1) is 15.8. The predicted molar refractivity (Wildman–Crippen MR) is 115 cm³/mol. The standard InChI is InChI=1S/C22H26F3N5O4/c1-5-33-18-11-16(22(23,24)25)19-28-29(20(26)30(19)27-18)12-17(32)13-8-14(21(2,3)4)10-15(9-13)34-7-6-31/h8-11,26,31H,5-7,12H2,1-4H3. The number of rotatable bonds is 8. The van der Waals surface area contributed by atoms with E-state index in [4.69, 9.17) is 20.0 Å². The van der Waals surface area contributed by atoms with E-state index in [0.717, 1.165) is 16.3 Å². The third-order valence-electron chi connectivity index (χ3n) is 4.91. The molecule has 0 spiro atoms. The number of ether oxygens (including phenoxy) is 2. The number of nitrogens with one attached hydrogen (secondary N) is 1. The average molecular weight is 481 g/mol. The van der Waals surface area contributed by atoms with Crippen LogP contribution in [-0.2, 0) is 18.1 Å². The van der Waals surface area contributed by atoms with Crippen LogP contribution in [0.15, 0.2) is 24.3 Å². The molecule has 9 nitrogen and oxygen atoms in total. The van der Waals surface area contributed by atoms with Gasteiger partial charge in [0, 0.05) is 11.6 Å². The molecule has 0 saturated carbocycles. The van der Waals surface area contributed by atoms with Gasteiger partial charge in [-0.2, -0.15) is 17.7 Å². The number of hydrogen-bond acceptors (Lipinski definition) is 7. The zero-order chi connectivity index (χ0) is 25.3. The second-order valence-electron chi connectivity index (χ2n) is 8.53. The molecular weight excluding hydrogens is 455 g/mol. The lowest BCUT2D eigenvalue weighted by atomic mass is 9.85. The summed E-state index contributed by atoms with van der Waals surface area (Å²) < 4.78 is 52.9. The molecule has 1 aromatic carbocycles. The Kier molecular flexibility index (Phi) is 7.01. The summed E-state index contributed by atoms with van der Waals surface area (Å²) in [5.41, 5.74) is -1.54. The van der Waals surface area contributed by atoms with E-state index in [0.29, 0.717) is 10.3 Å². The number of carbonyl (C=O) groups is 1. The molecule has 3 aromatic rings. The summed E-state index contributed by atoms with van der Waals surface area (Å²) in [6, 6.07) is 5.63. The molecule has 0 amide bonds. The van der Waals surface area contributed by atoms with Gasteiger partial charge in [-0.3, -0.25) is 10.2 Å². The Morgan fingerprint density at radius 3 is 2.41 bits per heavy atom. The van der Waals surface area contributed by atoms with Crippen LogP contribution in [0.5, 0.6) is 11.6 Å². The second-order valence-corrected chi connectivity index (χ2v) is 8.53. The number of fused-ring (bicyclic) bond motifs is 1. The minimum Gasteiger partial charge on any atom is -0.491 e. The van der Waals surface area contributed by atoms with E-state index in [-0.39, 0.29) is 36.7 Å². The van der Waals surface area contributed by atoms with E-state index in [1.54, 1.807) is 19.1 Å². The number of aliphatic hydroxyl groups is 1. The van der Waals surface area contributed by atoms with E-state index < -0.39 is 35.3 Å². The van der Waals surface area contributed by atoms with Crippen molar-refractivity contribution in [1.82, 2.24) is 19.4 Å². The largest absolute Gasteiger partial charge is 0.491 e. The van der Waals surface area contributed by atoms with Crippen LogP contribution in [0.2, 0.25) is 0 Å². The van der Waals surface area contributed by atoms with Gasteiger partial charge in [0.05, 0.1) is 13.2 Å². The highest BCUT2D eigenvalue weighted by atomic mass is 19.4. The molecule has 0 atom stereocenters. The molecular formula is C22H26F3N5O4. The van der Waals surface area contributed by atoms with Crippen molar-refractivity contribution >= 4 is 11.4 Å². The maximum Gasteiger partial charge on any atom is 0.420 e. The number of aromatic nitrogens is 4. The van der Waals surface area contributed by atoms with Crippen LogP contribution in [-0.4, -0.2) is 50.1 Å². The number of hydrogen-bond donors (Lipinski definition) is 2. The molecule has 3 rings (SSSR count). The maximum absolute atomic E-state index is 13.6. The predicted octanol–water partition coefficient (Wildman–Crippen LogP) is 2.98. The minimum absolute atomic E-state index is 0.0351. The molecule has 0 unspecified atom stereocenters. The van der Waals surface area contributed by atoms with Gasteiger partial charge in [0.1, 0.15) is 24.5 Å². The van der Waals surface area contributed by atoms with E-state index >= 15 is 0 Å². The molecule has 0 saturated heterocycles. The Balaban J connectivity index is 2.05. The average Bonchev–Trinajstić information content (AvgIpc) is 3.05. The Labute approximate surface area is 193 Å². The summed E-state index contributed by atoms with van der Waals surface area (Å²) >= 11 is 0. The van der Waals surface area contributed by atoms with Crippen LogP contribution in [0.1, 0.15) is 49.2 Å². The topological polar surface area (TPSA) is 115 Å². The van der Waals surface area contributed by atoms with Crippen LogP contribution >= 0.6 is 0 Å². The minimum atomic E-state index is -4.77. The lowest BCUT2D eigenvalue weighted by Gasteiger charge is -2.21. The second kappa shape index (κ2) is 9.45. The number of alkyl halides is 3. The normalized spacial score (nSPS) is 12.2. The van der Waals surface area contributed by atoms with Crippen molar-refractivity contribution < 1.29 is 32.5 Å². The fourth-order valence-corrected chi connectivity index (χ4v) is 3.20. The third kappa shape index (κ3) is 5.38. The highest BCUT2D eigenvalue weighted by Crippen LogP contribution is 2.33. The van der Waals surface area contributed by atoms with Gasteiger partial charge >= 0.3 is 6.18 Å². The van der Waals surface area contributed by atoms with E-state index in [1.165, 1.54) is 6.07 Å². The Bertz CT molecular complexity index is 1260. The smallest absolute Gasteiger partial charge is 0.420 e. The monoisotopic (exact) mass is 481 g/mol. The van der Waals surface area contributed by atoms with Gasteiger partial charge in [-0.05, 0) is 36.1 Å². The number of carbonyl (C=O) groups excluding carboxylic acids is 1. The van der Waals surface area contributed by atoms with Crippen LogP contribution in [0.25, 0.3) is 5.65 Å². The van der Waals surface area contributed by atoms with Gasteiger partial charge in [-0.15, -0.1) is 10.2 Å². The van der Waals surface area contributed by atoms with Crippen molar-refractivity contribution in [3.63, 3.8) is 0 Å². The summed E-state index contributed by atoms with van der Waals surface area (Å²) in [6.45, 7) is 6.87. The van der Waals surface area contributed by atoms with Gasteiger partial charge in [0.2, 0.25) is 11.5 Å². The summed E-state index contributed by atoms with van der Waals surface area (Å²) in [4.78, 5) is 13.1. The van der Waals surface area contributed by atoms with E-state index in [2.05, 4.69) is 10.2 Å². The van der Waals surface area contributed by atoms with Gasteiger partial charge in [0.25, 0.3) is 0 Å². The molecule has 12 heteroatoms. The number of benzene rings is 1. The summed E-state index contributed by atoms with van der Waals surface area (Å²) in [6.07, 6.45) is -4.77. The Morgan fingerprint density at radius 2 is 1.82 bits per heavy atom. The van der Waals surface area contributed by atoms with E-state index in [1.807, 2.05) is 20.8 Å². The van der Waals surface area contributed by atoms with Crippen LogP contribution < -0.4 is 15.1 Å². The zero-order valence-electron chi connectivity index (χ0n) is 19.2. The van der Waals surface area contributed by atoms with Crippen molar-refractivity contribution in [2.24, 2.45) is 0 Å². The molecule has 0 radical (unpaired) electrons. The molecule has 34 heavy (non-hydrogen) atoms. The first-order valence-corrected chi connectivity index (χ1v) is 10.5. The molecule has 0 aliphatic heterocycles. The van der Waals surface area contributed by atoms with Gasteiger partial charge in [0.15, 0.2) is 11.4 Å². The van der Waals surface area contributed by atoms with Crippen LogP contribution in [0.4, 0.5) is 13.2 Å². The van der Waals surface area contributed by atoms with Crippen LogP contribution in [0.3, 0.4) is 0 Å². The maximum atomic E-state index is 13.6. The van der Waals surface area contributed by atoms with Crippen molar-refractivity contribution in [3.05, 3.63) is 46.6 Å². The van der Waals surface area contributed by atoms with Crippen LogP contribution in [0, 0.1) is 5.41 Å². The highest BCUT2D eigenvalue weighted by molar-refractivity contribution is 5.96. The number of Topliss-reactive ketones (excluding diaryl/α,β-unsaturated/α-hetero) is 1. The molecule has 0 aliphatic carbocycles. The number of nitrogens with zero attached hydrogens (tertiary/aromatic N) is 4. The first kappa shape index (κ1) is 25.2. The van der Waals surface area contributed by atoms with Gasteiger partial charge < -0.3 is 14.6 Å². The fourth-order valence-electron chi connectivity index (χ4n) is 3.20. The molecule has 2 N–H and O–H groups in total. The molecule has 0 bridgehead atoms. The van der Waals surface area contributed by atoms with Crippen molar-refractivity contribution in [2.75, 3.05) is 19.8 Å². The van der Waals surface area contributed by atoms with E-state index in [9.17, 15) is 18.0 Å². The van der Waals surface area contributed by atoms with Crippen molar-refractivity contribution in [2.45, 2.75) is 45.8 Å². The molecule has 184 valence electrons. The third-order valence-corrected chi connectivity index (χ3v) is 4.91. The van der Waals surface area contributed by atoms with Crippen molar-refractivity contribution in [3.8, 4) is 11.6 Å². The molecule has 0 fully saturated rings. The number of aliphatic hydroxyl groups excluding tert-OH is 1. The molecule has 2 aromatic heterocycles. The summed E-state index contributed by atoms with van der Waals surface area (Å²) in [5, 5.41) is 25.1. The molecule has 2 heterocycles. The quantitative estimate of drug-likeness (QED) is 0.478. The summed E-state index contributed by atoms with van der Waals surface area (Å²) in [7, 11) is 0. The Morgan fingerprint density at radius 1 is 1.12 bits per heavy atom. The fraction of sp³-hybridized carbons (Fsp3) is 0.455. The highest BCUT2D eigenvalue weighted by Gasteiger charge is 2.36. The van der Waals surface area contributed by atoms with Gasteiger partial charge in [-0.1, -0.05) is 20.8 Å². The SMILES string of the molecule is CCOc1cc(C(F)(F)F)c2nn(CC(=O)c3cc(OCCO)cc(C(C)(C)C)c3)c(=N)n2n1. The lowest BCUT2D eigenvalue weighted by Crippen LogP contribution is -2.26.